The van der Waals surface area contributed by atoms with Gasteiger partial charge in [-0.15, -0.1) is 0 Å². The average molecular weight is 417 g/mol. The molecular formula is C23H44O6. The van der Waals surface area contributed by atoms with Gasteiger partial charge >= 0.3 is 11.9 Å². The third-order valence-corrected chi connectivity index (χ3v) is 5.79. The third kappa shape index (κ3) is 14.5. The van der Waals surface area contributed by atoms with Crippen LogP contribution in [0.3, 0.4) is 0 Å². The number of carboxylic acid groups (broad SMARTS) is 2. The number of aliphatic carboxylic acids is 2. The maximum Gasteiger partial charge on any atom is 0.310 e. The van der Waals surface area contributed by atoms with Crippen LogP contribution >= 0.6 is 0 Å². The minimum Gasteiger partial charge on any atom is -0.481 e. The van der Waals surface area contributed by atoms with E-state index in [1.807, 2.05) is 0 Å². The molecule has 0 heterocycles. The van der Waals surface area contributed by atoms with E-state index in [0.29, 0.717) is 6.42 Å². The van der Waals surface area contributed by atoms with Crippen LogP contribution in [-0.4, -0.2) is 45.1 Å². The summed E-state index contributed by atoms with van der Waals surface area (Å²) in [7, 11) is 0. The summed E-state index contributed by atoms with van der Waals surface area (Å²) in [4.78, 5) is 22.8. The number of carbonyl (C=O) groups is 2. The number of carboxylic acids is 2. The van der Waals surface area contributed by atoms with E-state index in [9.17, 15) is 19.8 Å². The molecule has 172 valence electrons. The van der Waals surface area contributed by atoms with Crippen molar-refractivity contribution in [2.24, 2.45) is 5.41 Å². The van der Waals surface area contributed by atoms with Gasteiger partial charge in [0.1, 0.15) is 0 Å². The lowest BCUT2D eigenvalue weighted by Crippen LogP contribution is -2.38. The van der Waals surface area contributed by atoms with Crippen LogP contribution in [0.15, 0.2) is 0 Å². The van der Waals surface area contributed by atoms with E-state index in [4.69, 9.17) is 10.2 Å². The second-order valence-electron chi connectivity index (χ2n) is 8.54. The van der Waals surface area contributed by atoms with Crippen molar-refractivity contribution in [2.75, 3.05) is 6.61 Å². The summed E-state index contributed by atoms with van der Waals surface area (Å²) in [5.74, 6) is -2.40. The molecule has 0 aliphatic carbocycles. The Hall–Kier alpha value is -1.14. The molecule has 0 saturated heterocycles. The number of hydrogen-bond donors (Lipinski definition) is 4. The maximum atomic E-state index is 11.7. The summed E-state index contributed by atoms with van der Waals surface area (Å²) in [5, 5.41) is 37.3. The zero-order chi connectivity index (χ0) is 22.0. The second-order valence-corrected chi connectivity index (χ2v) is 8.54. The second kappa shape index (κ2) is 17.7. The van der Waals surface area contributed by atoms with Gasteiger partial charge < -0.3 is 20.4 Å². The van der Waals surface area contributed by atoms with Crippen molar-refractivity contribution in [1.82, 2.24) is 0 Å². The van der Waals surface area contributed by atoms with Crippen molar-refractivity contribution in [2.45, 2.75) is 122 Å². The van der Waals surface area contributed by atoms with Gasteiger partial charge in [0.05, 0.1) is 24.5 Å². The number of hydrogen-bond acceptors (Lipinski definition) is 4. The first-order valence-electron chi connectivity index (χ1n) is 11.6. The maximum absolute atomic E-state index is 11.7. The van der Waals surface area contributed by atoms with Crippen LogP contribution in [0.1, 0.15) is 116 Å². The van der Waals surface area contributed by atoms with Gasteiger partial charge in [0, 0.05) is 0 Å². The first-order valence-corrected chi connectivity index (χ1v) is 11.6. The van der Waals surface area contributed by atoms with Gasteiger partial charge in [-0.1, -0.05) is 96.8 Å². The SMILES string of the molecule is CCCCCCCCCCCCCCCCC(CC(=O)O)(CC(O)CO)C(=O)O. The highest BCUT2D eigenvalue weighted by atomic mass is 16.4. The monoisotopic (exact) mass is 416 g/mol. The largest absolute Gasteiger partial charge is 0.481 e. The lowest BCUT2D eigenvalue weighted by Gasteiger charge is -2.29. The van der Waals surface area contributed by atoms with E-state index in [2.05, 4.69) is 6.92 Å². The first-order chi connectivity index (χ1) is 13.9. The van der Waals surface area contributed by atoms with E-state index < -0.39 is 36.5 Å². The molecule has 0 saturated carbocycles. The van der Waals surface area contributed by atoms with Gasteiger partial charge in [-0.2, -0.15) is 0 Å². The van der Waals surface area contributed by atoms with Crippen LogP contribution in [0.25, 0.3) is 0 Å². The smallest absolute Gasteiger partial charge is 0.310 e. The lowest BCUT2D eigenvalue weighted by molar-refractivity contribution is -0.159. The molecule has 0 bridgehead atoms. The zero-order valence-electron chi connectivity index (χ0n) is 18.4. The molecule has 0 amide bonds. The van der Waals surface area contributed by atoms with Crippen molar-refractivity contribution in [3.05, 3.63) is 0 Å². The molecule has 6 nitrogen and oxygen atoms in total. The third-order valence-electron chi connectivity index (χ3n) is 5.79. The van der Waals surface area contributed by atoms with Crippen LogP contribution in [-0.2, 0) is 9.59 Å². The molecule has 6 heteroatoms. The Morgan fingerprint density at radius 1 is 0.759 bits per heavy atom. The van der Waals surface area contributed by atoms with Crippen molar-refractivity contribution >= 4 is 11.9 Å². The van der Waals surface area contributed by atoms with Gasteiger partial charge in [-0.05, 0) is 12.8 Å². The van der Waals surface area contributed by atoms with E-state index in [0.717, 1.165) is 19.3 Å². The highest BCUT2D eigenvalue weighted by Gasteiger charge is 2.41. The quantitative estimate of drug-likeness (QED) is 0.192. The predicted molar refractivity (Wildman–Crippen MR) is 115 cm³/mol. The van der Waals surface area contributed by atoms with Gasteiger partial charge in [-0.3, -0.25) is 9.59 Å². The Labute approximate surface area is 176 Å². The van der Waals surface area contributed by atoms with Crippen molar-refractivity contribution in [1.29, 1.82) is 0 Å². The molecule has 0 radical (unpaired) electrons. The Balaban J connectivity index is 3.92. The molecule has 2 unspecified atom stereocenters. The van der Waals surface area contributed by atoms with Gasteiger partial charge in [0.2, 0.25) is 0 Å². The van der Waals surface area contributed by atoms with Crippen LogP contribution in [0.2, 0.25) is 0 Å². The minimum absolute atomic E-state index is 0.212. The molecular weight excluding hydrogens is 372 g/mol. The summed E-state index contributed by atoms with van der Waals surface area (Å²) in [6, 6.07) is 0. The molecule has 0 spiro atoms. The Bertz CT molecular complexity index is 426. The molecule has 0 aromatic heterocycles. The highest BCUT2D eigenvalue weighted by molar-refractivity contribution is 5.81. The fourth-order valence-electron chi connectivity index (χ4n) is 4.00. The molecule has 0 aromatic rings. The van der Waals surface area contributed by atoms with Crippen LogP contribution in [0.5, 0.6) is 0 Å². The van der Waals surface area contributed by atoms with Crippen LogP contribution in [0, 0.1) is 5.41 Å². The van der Waals surface area contributed by atoms with Crippen molar-refractivity contribution in [3.63, 3.8) is 0 Å². The summed E-state index contributed by atoms with van der Waals surface area (Å²) >= 11 is 0. The summed E-state index contributed by atoms with van der Waals surface area (Å²) < 4.78 is 0. The van der Waals surface area contributed by atoms with Crippen molar-refractivity contribution in [3.8, 4) is 0 Å². The van der Waals surface area contributed by atoms with Gasteiger partial charge in [0.15, 0.2) is 0 Å². The summed E-state index contributed by atoms with van der Waals surface area (Å²) in [5.41, 5.74) is -1.51. The standard InChI is InChI=1S/C23H44O6/c1-2-3-4-5-6-7-8-9-10-11-12-13-14-15-16-23(22(28)29,18-21(26)27)17-20(25)19-24/h20,24-25H,2-19H2,1H3,(H,26,27)(H,28,29). The summed E-state index contributed by atoms with van der Waals surface area (Å²) in [6.45, 7) is 1.67. The number of unbranched alkanes of at least 4 members (excludes halogenated alkanes) is 13. The number of aliphatic hydroxyl groups excluding tert-OH is 2. The Morgan fingerprint density at radius 2 is 1.17 bits per heavy atom. The highest BCUT2D eigenvalue weighted by Crippen LogP contribution is 2.35. The van der Waals surface area contributed by atoms with Crippen LogP contribution in [0.4, 0.5) is 0 Å². The first kappa shape index (κ1) is 27.9. The van der Waals surface area contributed by atoms with E-state index in [-0.39, 0.29) is 12.8 Å². The molecule has 29 heavy (non-hydrogen) atoms. The molecule has 2 atom stereocenters. The van der Waals surface area contributed by atoms with Gasteiger partial charge in [-0.25, -0.2) is 0 Å². The number of rotatable bonds is 21. The molecule has 0 fully saturated rings. The Kier molecular flexibility index (Phi) is 17.0. The number of aliphatic hydroxyl groups is 2. The summed E-state index contributed by atoms with van der Waals surface area (Å²) in [6.07, 6.45) is 15.0. The van der Waals surface area contributed by atoms with Crippen molar-refractivity contribution < 1.29 is 30.0 Å². The van der Waals surface area contributed by atoms with E-state index >= 15 is 0 Å². The lowest BCUT2D eigenvalue weighted by atomic mass is 9.75. The average Bonchev–Trinajstić information content (AvgIpc) is 2.67. The fourth-order valence-corrected chi connectivity index (χ4v) is 4.00. The topological polar surface area (TPSA) is 115 Å². The molecule has 0 aliphatic heterocycles. The van der Waals surface area contributed by atoms with Gasteiger partial charge in [0.25, 0.3) is 0 Å². The van der Waals surface area contributed by atoms with E-state index in [1.165, 1.54) is 64.2 Å². The molecule has 0 aliphatic rings. The minimum atomic E-state index is -1.51. The normalized spacial score (nSPS) is 14.4. The fraction of sp³-hybridized carbons (Fsp3) is 0.913. The molecule has 0 rings (SSSR count). The Morgan fingerprint density at radius 3 is 1.52 bits per heavy atom. The zero-order valence-corrected chi connectivity index (χ0v) is 18.4. The predicted octanol–water partition coefficient (Wildman–Crippen LogP) is 5.15. The molecule has 4 N–H and O–H groups in total. The molecule has 0 aromatic carbocycles. The van der Waals surface area contributed by atoms with E-state index in [1.54, 1.807) is 0 Å². The van der Waals surface area contributed by atoms with Crippen LogP contribution < -0.4 is 0 Å².